The maximum atomic E-state index is 14.2. The zero-order chi connectivity index (χ0) is 17.6. The molecule has 1 fully saturated rings. The van der Waals surface area contributed by atoms with Gasteiger partial charge in [-0.1, -0.05) is 23.4 Å². The first-order valence-corrected chi connectivity index (χ1v) is 8.68. The number of halogens is 1. The molecule has 7 heteroatoms. The third-order valence-corrected chi connectivity index (χ3v) is 4.56. The van der Waals surface area contributed by atoms with Gasteiger partial charge in [0.05, 0.1) is 0 Å². The van der Waals surface area contributed by atoms with Crippen LogP contribution in [0.5, 0.6) is 0 Å². The molecule has 1 aromatic carbocycles. The molecule has 1 atom stereocenters. The molecule has 1 aromatic heterocycles. The number of amides is 1. The van der Waals surface area contributed by atoms with E-state index in [9.17, 15) is 9.18 Å². The number of aryl methyl sites for hydroxylation is 1. The van der Waals surface area contributed by atoms with Crippen LogP contribution in [0.25, 0.3) is 0 Å². The number of nitrogens with zero attached hydrogens (tertiary/aromatic N) is 2. The van der Waals surface area contributed by atoms with Crippen LogP contribution in [-0.4, -0.2) is 29.1 Å². The predicted octanol–water partition coefficient (Wildman–Crippen LogP) is 2.50. The molecule has 0 saturated carbocycles. The smallest absolute Gasteiger partial charge is 0.223 e. The highest BCUT2D eigenvalue weighted by atomic mass is 19.1. The Labute approximate surface area is 146 Å². The summed E-state index contributed by atoms with van der Waals surface area (Å²) in [5.74, 6) is 0.660. The van der Waals surface area contributed by atoms with Crippen LogP contribution in [-0.2, 0) is 4.79 Å². The fourth-order valence-electron chi connectivity index (χ4n) is 3.16. The van der Waals surface area contributed by atoms with Crippen molar-refractivity contribution in [2.24, 2.45) is 5.92 Å². The number of rotatable bonds is 6. The van der Waals surface area contributed by atoms with Gasteiger partial charge in [0.15, 0.2) is 5.82 Å². The summed E-state index contributed by atoms with van der Waals surface area (Å²) in [6.45, 7) is 3.67. The topological polar surface area (TPSA) is 80.0 Å². The number of benzene rings is 1. The zero-order valence-electron chi connectivity index (χ0n) is 14.3. The van der Waals surface area contributed by atoms with Crippen molar-refractivity contribution in [1.82, 2.24) is 20.8 Å². The average molecular weight is 346 g/mol. The van der Waals surface area contributed by atoms with E-state index in [1.165, 1.54) is 6.07 Å². The van der Waals surface area contributed by atoms with Crippen molar-refractivity contribution < 1.29 is 13.7 Å². The van der Waals surface area contributed by atoms with E-state index in [0.717, 1.165) is 32.4 Å². The third kappa shape index (κ3) is 4.63. The Kier molecular flexibility index (Phi) is 5.75. The number of hydrogen-bond acceptors (Lipinski definition) is 5. The minimum atomic E-state index is -0.751. The van der Waals surface area contributed by atoms with Gasteiger partial charge in [-0.2, -0.15) is 4.98 Å². The minimum Gasteiger partial charge on any atom is -0.342 e. The van der Waals surface area contributed by atoms with Crippen molar-refractivity contribution in [3.63, 3.8) is 0 Å². The fraction of sp³-hybridized carbons (Fsp3) is 0.500. The van der Waals surface area contributed by atoms with Gasteiger partial charge in [-0.05, 0) is 44.3 Å². The molecule has 0 radical (unpaired) electrons. The first-order chi connectivity index (χ1) is 12.1. The number of aromatic nitrogens is 2. The molecule has 0 bridgehead atoms. The van der Waals surface area contributed by atoms with Gasteiger partial charge in [-0.15, -0.1) is 0 Å². The second-order valence-corrected chi connectivity index (χ2v) is 6.43. The number of piperidine rings is 1. The average Bonchev–Trinajstić information content (AvgIpc) is 3.06. The van der Waals surface area contributed by atoms with E-state index in [1.807, 2.05) is 0 Å². The van der Waals surface area contributed by atoms with Gasteiger partial charge in [0.25, 0.3) is 0 Å². The van der Waals surface area contributed by atoms with Gasteiger partial charge < -0.3 is 15.2 Å². The first-order valence-electron chi connectivity index (χ1n) is 8.68. The Balaban J connectivity index is 1.69. The molecular weight excluding hydrogens is 323 g/mol. The van der Waals surface area contributed by atoms with Crippen LogP contribution in [0, 0.1) is 18.7 Å². The molecular formula is C18H23FN4O2. The molecule has 3 rings (SSSR count). The highest BCUT2D eigenvalue weighted by molar-refractivity contribution is 5.76. The van der Waals surface area contributed by atoms with E-state index >= 15 is 0 Å². The number of hydrogen-bond donors (Lipinski definition) is 2. The van der Waals surface area contributed by atoms with Crippen molar-refractivity contribution in [3.8, 4) is 0 Å². The van der Waals surface area contributed by atoms with Crippen molar-refractivity contribution >= 4 is 5.91 Å². The van der Waals surface area contributed by atoms with Crippen molar-refractivity contribution in [3.05, 3.63) is 47.4 Å². The molecule has 1 amide bonds. The summed E-state index contributed by atoms with van der Waals surface area (Å²) in [4.78, 5) is 16.6. The summed E-state index contributed by atoms with van der Waals surface area (Å²) in [7, 11) is 0. The second kappa shape index (κ2) is 8.20. The van der Waals surface area contributed by atoms with Crippen LogP contribution in [0.3, 0.4) is 0 Å². The SMILES string of the molecule is Cc1nc(C(NC(=O)CCC2CCNCC2)c2ccccc2F)no1. The van der Waals surface area contributed by atoms with Crippen LogP contribution in [0.2, 0.25) is 0 Å². The quantitative estimate of drug-likeness (QED) is 0.840. The molecule has 6 nitrogen and oxygen atoms in total. The summed E-state index contributed by atoms with van der Waals surface area (Å²) in [5.41, 5.74) is 0.332. The normalized spacial score (nSPS) is 16.6. The van der Waals surface area contributed by atoms with E-state index in [-0.39, 0.29) is 11.7 Å². The van der Waals surface area contributed by atoms with Gasteiger partial charge in [-0.25, -0.2) is 4.39 Å². The minimum absolute atomic E-state index is 0.130. The van der Waals surface area contributed by atoms with Gasteiger partial charge in [0.2, 0.25) is 11.8 Å². The molecule has 0 aliphatic carbocycles. The van der Waals surface area contributed by atoms with E-state index in [0.29, 0.717) is 23.8 Å². The predicted molar refractivity (Wildman–Crippen MR) is 90.2 cm³/mol. The first kappa shape index (κ1) is 17.5. The highest BCUT2D eigenvalue weighted by Gasteiger charge is 2.25. The Morgan fingerprint density at radius 1 is 1.40 bits per heavy atom. The second-order valence-electron chi connectivity index (χ2n) is 6.43. The van der Waals surface area contributed by atoms with Crippen LogP contribution in [0.15, 0.2) is 28.8 Å². The highest BCUT2D eigenvalue weighted by Crippen LogP contribution is 2.23. The lowest BCUT2D eigenvalue weighted by molar-refractivity contribution is -0.122. The molecule has 1 saturated heterocycles. The zero-order valence-corrected chi connectivity index (χ0v) is 14.3. The van der Waals surface area contributed by atoms with E-state index in [2.05, 4.69) is 20.8 Å². The monoisotopic (exact) mass is 346 g/mol. The van der Waals surface area contributed by atoms with Crippen molar-refractivity contribution in [2.75, 3.05) is 13.1 Å². The standard InChI is InChI=1S/C18H23FN4O2/c1-12-21-18(23-25-12)17(14-4-2-3-5-15(14)19)22-16(24)7-6-13-8-10-20-11-9-13/h2-5,13,17,20H,6-11H2,1H3,(H,22,24). The van der Waals surface area contributed by atoms with Gasteiger partial charge in [-0.3, -0.25) is 4.79 Å². The lowest BCUT2D eigenvalue weighted by Gasteiger charge is -2.22. The summed E-state index contributed by atoms with van der Waals surface area (Å²) >= 11 is 0. The molecule has 134 valence electrons. The fourth-order valence-corrected chi connectivity index (χ4v) is 3.16. The van der Waals surface area contributed by atoms with Crippen LogP contribution in [0.4, 0.5) is 4.39 Å². The van der Waals surface area contributed by atoms with Crippen molar-refractivity contribution in [1.29, 1.82) is 0 Å². The van der Waals surface area contributed by atoms with Crippen molar-refractivity contribution in [2.45, 2.75) is 38.6 Å². The molecule has 2 aromatic rings. The van der Waals surface area contributed by atoms with Gasteiger partial charge in [0, 0.05) is 18.9 Å². The largest absolute Gasteiger partial charge is 0.342 e. The summed E-state index contributed by atoms with van der Waals surface area (Å²) in [6, 6.07) is 5.56. The Bertz CT molecular complexity index is 713. The lowest BCUT2D eigenvalue weighted by Crippen LogP contribution is -2.32. The number of carbonyl (C=O) groups excluding carboxylic acids is 1. The maximum absolute atomic E-state index is 14.2. The van der Waals surface area contributed by atoms with E-state index < -0.39 is 11.9 Å². The van der Waals surface area contributed by atoms with Crippen LogP contribution < -0.4 is 10.6 Å². The Morgan fingerprint density at radius 3 is 2.84 bits per heavy atom. The molecule has 2 heterocycles. The van der Waals surface area contributed by atoms with Gasteiger partial charge >= 0.3 is 0 Å². The van der Waals surface area contributed by atoms with Crippen LogP contribution >= 0.6 is 0 Å². The van der Waals surface area contributed by atoms with E-state index in [4.69, 9.17) is 4.52 Å². The molecule has 1 unspecified atom stereocenters. The molecule has 0 spiro atoms. The molecule has 1 aliphatic heterocycles. The Morgan fingerprint density at radius 2 is 2.16 bits per heavy atom. The summed E-state index contributed by atoms with van der Waals surface area (Å²) < 4.78 is 19.2. The van der Waals surface area contributed by atoms with Crippen LogP contribution in [0.1, 0.15) is 49.0 Å². The third-order valence-electron chi connectivity index (χ3n) is 4.56. The lowest BCUT2D eigenvalue weighted by atomic mass is 9.93. The molecule has 25 heavy (non-hydrogen) atoms. The van der Waals surface area contributed by atoms with Gasteiger partial charge in [0.1, 0.15) is 11.9 Å². The molecule has 1 aliphatic rings. The summed E-state index contributed by atoms with van der Waals surface area (Å²) in [5, 5.41) is 10.0. The number of carbonyl (C=O) groups is 1. The number of nitrogens with one attached hydrogen (secondary N) is 2. The van der Waals surface area contributed by atoms with E-state index in [1.54, 1.807) is 25.1 Å². The molecule has 2 N–H and O–H groups in total. The summed E-state index contributed by atoms with van der Waals surface area (Å²) in [6.07, 6.45) is 3.43. The maximum Gasteiger partial charge on any atom is 0.223 e. The Hall–Kier alpha value is -2.28.